The van der Waals surface area contributed by atoms with Crippen molar-refractivity contribution in [2.24, 2.45) is 0 Å². The lowest BCUT2D eigenvalue weighted by atomic mass is 10.1. The van der Waals surface area contributed by atoms with E-state index in [0.717, 1.165) is 4.90 Å². The number of hydrogen-bond donors (Lipinski definition) is 0. The number of halogens is 1. The van der Waals surface area contributed by atoms with Gasteiger partial charge in [-0.15, -0.1) is 6.58 Å². The molecule has 1 aliphatic rings. The molecule has 1 unspecified atom stereocenters. The van der Waals surface area contributed by atoms with Crippen LogP contribution < -0.4 is 4.90 Å². The van der Waals surface area contributed by atoms with E-state index >= 15 is 0 Å². The Labute approximate surface area is 171 Å². The Balaban J connectivity index is 1.88. The monoisotopic (exact) mass is 413 g/mol. The van der Waals surface area contributed by atoms with Crippen LogP contribution in [0.3, 0.4) is 0 Å². The van der Waals surface area contributed by atoms with Crippen molar-refractivity contribution in [1.82, 2.24) is 4.90 Å². The van der Waals surface area contributed by atoms with Crippen LogP contribution in [0.1, 0.15) is 16.8 Å². The number of non-ortho nitro benzene ring substituents is 1. The van der Waals surface area contributed by atoms with Crippen LogP contribution in [0.4, 0.5) is 11.4 Å². The van der Waals surface area contributed by atoms with Crippen LogP contribution in [0.15, 0.2) is 61.2 Å². The Bertz CT molecular complexity index is 988. The van der Waals surface area contributed by atoms with Gasteiger partial charge in [-0.05, 0) is 36.4 Å². The van der Waals surface area contributed by atoms with E-state index in [1.54, 1.807) is 24.3 Å². The molecule has 1 saturated heterocycles. The zero-order chi connectivity index (χ0) is 21.1. The minimum atomic E-state index is -1.00. The zero-order valence-electron chi connectivity index (χ0n) is 15.2. The molecule has 2 aromatic carbocycles. The molecular formula is C20H16ClN3O5. The Morgan fingerprint density at radius 1 is 1.21 bits per heavy atom. The van der Waals surface area contributed by atoms with E-state index in [1.807, 2.05) is 0 Å². The minimum absolute atomic E-state index is 0.0357. The van der Waals surface area contributed by atoms with Gasteiger partial charge in [0.25, 0.3) is 17.5 Å². The molecule has 8 nitrogen and oxygen atoms in total. The fourth-order valence-electron chi connectivity index (χ4n) is 3.10. The first-order chi connectivity index (χ1) is 13.8. The van der Waals surface area contributed by atoms with E-state index in [-0.39, 0.29) is 24.2 Å². The maximum absolute atomic E-state index is 13.0. The third kappa shape index (κ3) is 4.02. The fourth-order valence-corrected chi connectivity index (χ4v) is 3.23. The second-order valence-corrected chi connectivity index (χ2v) is 6.75. The van der Waals surface area contributed by atoms with Crippen LogP contribution in [0.2, 0.25) is 5.02 Å². The lowest BCUT2D eigenvalue weighted by Gasteiger charge is -2.26. The maximum Gasteiger partial charge on any atom is 0.269 e. The molecule has 0 spiro atoms. The second kappa shape index (κ2) is 8.24. The summed E-state index contributed by atoms with van der Waals surface area (Å²) in [5.41, 5.74) is 0.383. The molecule has 0 aliphatic carbocycles. The molecule has 1 heterocycles. The molecule has 0 bridgehead atoms. The van der Waals surface area contributed by atoms with Crippen molar-refractivity contribution < 1.29 is 19.3 Å². The topological polar surface area (TPSA) is 101 Å². The Hall–Kier alpha value is -3.52. The molecule has 1 atom stereocenters. The van der Waals surface area contributed by atoms with Crippen molar-refractivity contribution in [3.63, 3.8) is 0 Å². The van der Waals surface area contributed by atoms with Gasteiger partial charge in [0, 0.05) is 29.3 Å². The van der Waals surface area contributed by atoms with Gasteiger partial charge in [-0.2, -0.15) is 0 Å². The Kier molecular flexibility index (Phi) is 5.74. The van der Waals surface area contributed by atoms with Gasteiger partial charge >= 0.3 is 0 Å². The molecular weight excluding hydrogens is 398 g/mol. The van der Waals surface area contributed by atoms with Crippen LogP contribution in [0.5, 0.6) is 0 Å². The molecule has 0 radical (unpaired) electrons. The average Bonchev–Trinajstić information content (AvgIpc) is 3.00. The van der Waals surface area contributed by atoms with Crippen LogP contribution in [-0.4, -0.2) is 40.1 Å². The van der Waals surface area contributed by atoms with Gasteiger partial charge < -0.3 is 4.90 Å². The number of imide groups is 1. The second-order valence-electron chi connectivity index (χ2n) is 6.31. The highest BCUT2D eigenvalue weighted by atomic mass is 35.5. The van der Waals surface area contributed by atoms with Gasteiger partial charge in [0.05, 0.1) is 17.0 Å². The van der Waals surface area contributed by atoms with Crippen LogP contribution in [0.25, 0.3) is 0 Å². The number of rotatable bonds is 6. The van der Waals surface area contributed by atoms with Crippen molar-refractivity contribution in [1.29, 1.82) is 0 Å². The molecule has 2 aromatic rings. The van der Waals surface area contributed by atoms with Gasteiger partial charge in [0.1, 0.15) is 6.04 Å². The van der Waals surface area contributed by atoms with Crippen molar-refractivity contribution in [2.45, 2.75) is 12.5 Å². The van der Waals surface area contributed by atoms with Crippen LogP contribution in [-0.2, 0) is 9.59 Å². The number of anilines is 1. The predicted molar refractivity (Wildman–Crippen MR) is 107 cm³/mol. The Morgan fingerprint density at radius 2 is 1.83 bits per heavy atom. The van der Waals surface area contributed by atoms with Crippen molar-refractivity contribution >= 4 is 40.7 Å². The smallest absolute Gasteiger partial charge is 0.269 e. The summed E-state index contributed by atoms with van der Waals surface area (Å²) < 4.78 is 0. The van der Waals surface area contributed by atoms with E-state index in [2.05, 4.69) is 6.58 Å². The summed E-state index contributed by atoms with van der Waals surface area (Å²) in [6.07, 6.45) is 1.28. The van der Waals surface area contributed by atoms with Gasteiger partial charge in [-0.1, -0.05) is 17.7 Å². The summed E-state index contributed by atoms with van der Waals surface area (Å²) in [5, 5.41) is 11.3. The number of nitro benzene ring substituents is 1. The summed E-state index contributed by atoms with van der Waals surface area (Å²) in [6.45, 7) is 3.64. The molecule has 1 fully saturated rings. The SMILES string of the molecule is C=CCN(C(=O)c1ccc([N+](=O)[O-])cc1)C1CC(=O)N(c2ccc(Cl)cc2)C1=O. The summed E-state index contributed by atoms with van der Waals surface area (Å²) in [6, 6.07) is 10.3. The number of carbonyl (C=O) groups is 3. The summed E-state index contributed by atoms with van der Waals surface area (Å²) in [7, 11) is 0. The molecule has 0 N–H and O–H groups in total. The first-order valence-electron chi connectivity index (χ1n) is 8.62. The lowest BCUT2D eigenvalue weighted by Crippen LogP contribution is -2.45. The lowest BCUT2D eigenvalue weighted by molar-refractivity contribution is -0.384. The highest BCUT2D eigenvalue weighted by Gasteiger charge is 2.44. The van der Waals surface area contributed by atoms with Gasteiger partial charge in [0.15, 0.2) is 0 Å². The molecule has 0 aromatic heterocycles. The molecule has 3 rings (SSSR count). The highest BCUT2D eigenvalue weighted by Crippen LogP contribution is 2.28. The maximum atomic E-state index is 13.0. The molecule has 29 heavy (non-hydrogen) atoms. The van der Waals surface area contributed by atoms with E-state index in [9.17, 15) is 24.5 Å². The minimum Gasteiger partial charge on any atom is -0.322 e. The number of nitrogens with zero attached hydrogens (tertiary/aromatic N) is 3. The molecule has 9 heteroatoms. The van der Waals surface area contributed by atoms with E-state index in [0.29, 0.717) is 10.7 Å². The van der Waals surface area contributed by atoms with Crippen molar-refractivity contribution in [2.75, 3.05) is 11.4 Å². The molecule has 0 saturated carbocycles. The highest BCUT2D eigenvalue weighted by molar-refractivity contribution is 6.31. The standard InChI is InChI=1S/C20H16ClN3O5/c1-2-11-22(19(26)13-3-7-16(8-4-13)24(28)29)17-12-18(25)23(20(17)27)15-9-5-14(21)6-10-15/h2-10,17H,1,11-12H2. The first kappa shape index (κ1) is 20.2. The molecule has 3 amide bonds. The van der Waals surface area contributed by atoms with E-state index < -0.39 is 28.7 Å². The summed E-state index contributed by atoms with van der Waals surface area (Å²) in [5.74, 6) is -1.49. The van der Waals surface area contributed by atoms with Crippen LogP contribution >= 0.6 is 11.6 Å². The van der Waals surface area contributed by atoms with Gasteiger partial charge in [-0.3, -0.25) is 24.5 Å². The van der Waals surface area contributed by atoms with E-state index in [1.165, 1.54) is 35.2 Å². The summed E-state index contributed by atoms with van der Waals surface area (Å²) in [4.78, 5) is 50.9. The largest absolute Gasteiger partial charge is 0.322 e. The summed E-state index contributed by atoms with van der Waals surface area (Å²) >= 11 is 5.86. The van der Waals surface area contributed by atoms with Crippen molar-refractivity contribution in [3.05, 3.63) is 81.9 Å². The Morgan fingerprint density at radius 3 is 2.38 bits per heavy atom. The van der Waals surface area contributed by atoms with E-state index in [4.69, 9.17) is 11.6 Å². The first-order valence-corrected chi connectivity index (χ1v) is 9.00. The third-order valence-corrected chi connectivity index (χ3v) is 4.75. The van der Waals surface area contributed by atoms with Gasteiger partial charge in [-0.25, -0.2) is 4.90 Å². The zero-order valence-corrected chi connectivity index (χ0v) is 15.9. The van der Waals surface area contributed by atoms with Crippen LogP contribution in [0, 0.1) is 10.1 Å². The number of amides is 3. The average molecular weight is 414 g/mol. The van der Waals surface area contributed by atoms with Gasteiger partial charge in [0.2, 0.25) is 5.91 Å². The molecule has 148 valence electrons. The number of carbonyl (C=O) groups excluding carboxylic acids is 3. The van der Waals surface area contributed by atoms with Crippen molar-refractivity contribution in [3.8, 4) is 0 Å². The number of nitro groups is 1. The number of benzene rings is 2. The predicted octanol–water partition coefficient (Wildman–Crippen LogP) is 3.21. The fraction of sp³-hybridized carbons (Fsp3) is 0.150. The third-order valence-electron chi connectivity index (χ3n) is 4.50. The normalized spacial score (nSPS) is 16.0. The quantitative estimate of drug-likeness (QED) is 0.313. The number of hydrogen-bond acceptors (Lipinski definition) is 5. The molecule has 1 aliphatic heterocycles.